The molecule has 1 aromatic carbocycles. The Morgan fingerprint density at radius 1 is 1.40 bits per heavy atom. The van der Waals surface area contributed by atoms with Gasteiger partial charge in [0.25, 0.3) is 0 Å². The van der Waals surface area contributed by atoms with Gasteiger partial charge in [-0.1, -0.05) is 12.1 Å². The van der Waals surface area contributed by atoms with Crippen molar-refractivity contribution < 1.29 is 13.9 Å². The Morgan fingerprint density at radius 3 is 2.84 bits per heavy atom. The first kappa shape index (κ1) is 19.7. The van der Waals surface area contributed by atoms with Crippen LogP contribution in [0.25, 0.3) is 11.1 Å². The van der Waals surface area contributed by atoms with E-state index in [1.54, 1.807) is 7.11 Å². The van der Waals surface area contributed by atoms with Crippen LogP contribution in [-0.2, 0) is 16.0 Å². The molecule has 2 heterocycles. The van der Waals surface area contributed by atoms with Crippen molar-refractivity contribution in [3.63, 3.8) is 0 Å². The van der Waals surface area contributed by atoms with E-state index >= 15 is 0 Å². The number of methoxy groups -OCH3 is 1. The molecular weight excluding hydrogens is 342 g/mol. The molecule has 1 aromatic heterocycles. The van der Waals surface area contributed by atoms with Crippen molar-refractivity contribution in [3.8, 4) is 0 Å². The van der Waals surface area contributed by atoms with Gasteiger partial charge in [-0.25, -0.2) is 4.98 Å². The van der Waals surface area contributed by atoms with Crippen molar-refractivity contribution in [3.05, 3.63) is 29.7 Å². The van der Waals surface area contributed by atoms with E-state index in [9.17, 15) is 4.79 Å². The number of hydrogen-bond acceptors (Lipinski definition) is 5. The van der Waals surface area contributed by atoms with Gasteiger partial charge in [0.15, 0.2) is 11.5 Å². The molecule has 1 saturated heterocycles. The fourth-order valence-electron chi connectivity index (χ4n) is 3.33. The Labute approximate surface area is 154 Å². The number of rotatable bonds is 6. The minimum absolute atomic E-state index is 0. The van der Waals surface area contributed by atoms with Crippen molar-refractivity contribution >= 4 is 29.4 Å². The van der Waals surface area contributed by atoms with E-state index in [1.165, 1.54) is 0 Å². The minimum atomic E-state index is -0.419. The zero-order valence-electron chi connectivity index (χ0n) is 14.8. The van der Waals surface area contributed by atoms with Gasteiger partial charge in [-0.05, 0) is 44.5 Å². The number of hydrogen-bond donors (Lipinski definition) is 2. The van der Waals surface area contributed by atoms with Crippen LogP contribution in [0.1, 0.15) is 24.3 Å². The average molecular weight is 368 g/mol. The summed E-state index contributed by atoms with van der Waals surface area (Å²) in [7, 11) is 1.65. The quantitative estimate of drug-likeness (QED) is 0.818. The van der Waals surface area contributed by atoms with Gasteiger partial charge in [0.05, 0.1) is 12.0 Å². The van der Waals surface area contributed by atoms with E-state index in [4.69, 9.17) is 9.15 Å². The van der Waals surface area contributed by atoms with Crippen LogP contribution in [0, 0.1) is 12.3 Å². The Morgan fingerprint density at radius 2 is 2.16 bits per heavy atom. The fourth-order valence-corrected chi connectivity index (χ4v) is 3.33. The number of halogens is 1. The van der Waals surface area contributed by atoms with Gasteiger partial charge < -0.3 is 19.8 Å². The Bertz CT molecular complexity index is 705. The van der Waals surface area contributed by atoms with Gasteiger partial charge >= 0.3 is 0 Å². The predicted octanol–water partition coefficient (Wildman–Crippen LogP) is 2.23. The summed E-state index contributed by atoms with van der Waals surface area (Å²) in [6, 6.07) is 5.89. The predicted molar refractivity (Wildman–Crippen MR) is 99.1 cm³/mol. The summed E-state index contributed by atoms with van der Waals surface area (Å²) in [4.78, 5) is 17.2. The first-order valence-corrected chi connectivity index (χ1v) is 8.48. The van der Waals surface area contributed by atoms with Crippen molar-refractivity contribution in [1.29, 1.82) is 0 Å². The number of amides is 1. The smallest absolute Gasteiger partial charge is 0.228 e. The number of para-hydroxylation sites is 1. The maximum absolute atomic E-state index is 12.7. The number of ether oxygens (including phenoxy) is 1. The highest BCUT2D eigenvalue weighted by Gasteiger charge is 2.39. The lowest BCUT2D eigenvalue weighted by Crippen LogP contribution is -2.50. The van der Waals surface area contributed by atoms with E-state index in [-0.39, 0.29) is 18.3 Å². The molecule has 2 aromatic rings. The van der Waals surface area contributed by atoms with Crippen LogP contribution < -0.4 is 10.6 Å². The summed E-state index contributed by atoms with van der Waals surface area (Å²) in [5.74, 6) is 0.726. The van der Waals surface area contributed by atoms with Crippen molar-refractivity contribution in [1.82, 2.24) is 15.6 Å². The molecule has 25 heavy (non-hydrogen) atoms. The molecule has 1 fully saturated rings. The summed E-state index contributed by atoms with van der Waals surface area (Å²) in [5.41, 5.74) is 2.37. The SMILES string of the molecule is COCC1(C(=O)NCCc2nc3c(C)cccc3o2)CCNCC1.Cl. The van der Waals surface area contributed by atoms with Gasteiger partial charge in [0.2, 0.25) is 5.91 Å². The molecule has 6 nitrogen and oxygen atoms in total. The second-order valence-electron chi connectivity index (χ2n) is 6.50. The molecule has 0 spiro atoms. The molecule has 0 saturated carbocycles. The number of benzene rings is 1. The molecule has 0 radical (unpaired) electrons. The molecule has 7 heteroatoms. The standard InChI is InChI=1S/C18H25N3O3.ClH/c1-13-4-3-5-14-16(13)21-15(24-14)6-9-20-17(22)18(12-23-2)7-10-19-11-8-18;/h3-5,19H,6-12H2,1-2H3,(H,20,22);1H. The van der Waals surface area contributed by atoms with Gasteiger partial charge in [-0.2, -0.15) is 0 Å². The normalized spacial score (nSPS) is 16.4. The second kappa shape index (κ2) is 8.65. The summed E-state index contributed by atoms with van der Waals surface area (Å²) in [6.07, 6.45) is 2.19. The average Bonchev–Trinajstić information content (AvgIpc) is 3.00. The summed E-state index contributed by atoms with van der Waals surface area (Å²) in [6.45, 7) is 4.69. The van der Waals surface area contributed by atoms with Crippen LogP contribution in [0.3, 0.4) is 0 Å². The van der Waals surface area contributed by atoms with Crippen LogP contribution >= 0.6 is 12.4 Å². The number of piperidine rings is 1. The Hall–Kier alpha value is -1.63. The maximum atomic E-state index is 12.7. The molecule has 1 amide bonds. The molecule has 0 unspecified atom stereocenters. The highest BCUT2D eigenvalue weighted by molar-refractivity contribution is 5.85. The van der Waals surface area contributed by atoms with Crippen LogP contribution in [0.2, 0.25) is 0 Å². The zero-order valence-corrected chi connectivity index (χ0v) is 15.6. The van der Waals surface area contributed by atoms with Crippen LogP contribution in [0.15, 0.2) is 22.6 Å². The third-order valence-corrected chi connectivity index (χ3v) is 4.75. The minimum Gasteiger partial charge on any atom is -0.441 e. The monoisotopic (exact) mass is 367 g/mol. The lowest BCUT2D eigenvalue weighted by molar-refractivity contribution is -0.136. The number of aromatic nitrogens is 1. The topological polar surface area (TPSA) is 76.4 Å². The van der Waals surface area contributed by atoms with Crippen LogP contribution in [0.5, 0.6) is 0 Å². The maximum Gasteiger partial charge on any atom is 0.228 e. The van der Waals surface area contributed by atoms with E-state index < -0.39 is 5.41 Å². The highest BCUT2D eigenvalue weighted by Crippen LogP contribution is 2.29. The van der Waals surface area contributed by atoms with Gasteiger partial charge in [0, 0.05) is 20.1 Å². The molecule has 2 N–H and O–H groups in total. The number of nitrogens with one attached hydrogen (secondary N) is 2. The summed E-state index contributed by atoms with van der Waals surface area (Å²) < 4.78 is 11.1. The molecule has 0 aliphatic carbocycles. The number of oxazole rings is 1. The van der Waals surface area contributed by atoms with E-state index in [1.807, 2.05) is 25.1 Å². The summed E-state index contributed by atoms with van der Waals surface area (Å²) >= 11 is 0. The van der Waals surface area contributed by atoms with Crippen LogP contribution in [-0.4, -0.2) is 44.2 Å². The van der Waals surface area contributed by atoms with E-state index in [0.717, 1.165) is 42.6 Å². The number of aryl methyl sites for hydroxylation is 1. The number of nitrogens with zero attached hydrogens (tertiary/aromatic N) is 1. The van der Waals surface area contributed by atoms with Crippen molar-refractivity contribution in [2.75, 3.05) is 33.4 Å². The van der Waals surface area contributed by atoms with Gasteiger partial charge in [-0.3, -0.25) is 4.79 Å². The first-order chi connectivity index (χ1) is 11.6. The Kier molecular flexibility index (Phi) is 6.81. The molecular formula is C18H26ClN3O3. The Balaban J connectivity index is 0.00000225. The van der Waals surface area contributed by atoms with Gasteiger partial charge in [-0.15, -0.1) is 12.4 Å². The number of fused-ring (bicyclic) bond motifs is 1. The van der Waals surface area contributed by atoms with Crippen LogP contribution in [0.4, 0.5) is 0 Å². The van der Waals surface area contributed by atoms with E-state index in [0.29, 0.717) is 25.5 Å². The fraction of sp³-hybridized carbons (Fsp3) is 0.556. The molecule has 3 rings (SSSR count). The summed E-state index contributed by atoms with van der Waals surface area (Å²) in [5, 5.41) is 6.33. The first-order valence-electron chi connectivity index (χ1n) is 8.48. The molecule has 1 aliphatic heterocycles. The van der Waals surface area contributed by atoms with Crippen molar-refractivity contribution in [2.24, 2.45) is 5.41 Å². The number of carbonyl (C=O) groups excluding carboxylic acids is 1. The molecule has 1 aliphatic rings. The third kappa shape index (κ3) is 4.32. The van der Waals surface area contributed by atoms with Gasteiger partial charge in [0.1, 0.15) is 5.52 Å². The number of carbonyl (C=O) groups is 1. The highest BCUT2D eigenvalue weighted by atomic mass is 35.5. The second-order valence-corrected chi connectivity index (χ2v) is 6.50. The van der Waals surface area contributed by atoms with E-state index in [2.05, 4.69) is 15.6 Å². The van der Waals surface area contributed by atoms with Crippen molar-refractivity contribution in [2.45, 2.75) is 26.2 Å². The molecule has 0 bridgehead atoms. The zero-order chi connectivity index (χ0) is 17.0. The molecule has 0 atom stereocenters. The largest absolute Gasteiger partial charge is 0.441 e. The third-order valence-electron chi connectivity index (χ3n) is 4.75. The lowest BCUT2D eigenvalue weighted by atomic mass is 9.78. The molecule has 138 valence electrons. The lowest BCUT2D eigenvalue weighted by Gasteiger charge is -2.35.